The second-order valence-electron chi connectivity index (χ2n) is 2.81. The van der Waals surface area contributed by atoms with Gasteiger partial charge in [0.15, 0.2) is 5.82 Å². The Labute approximate surface area is 80.8 Å². The molecule has 0 aliphatic heterocycles. The van der Waals surface area contributed by atoms with Crippen molar-refractivity contribution in [2.75, 3.05) is 13.1 Å². The van der Waals surface area contributed by atoms with Gasteiger partial charge in [0, 0.05) is 19.5 Å². The Morgan fingerprint density at radius 2 is 2.50 bits per heavy atom. The van der Waals surface area contributed by atoms with Gasteiger partial charge in [-0.05, 0) is 0 Å². The van der Waals surface area contributed by atoms with Crippen molar-refractivity contribution < 1.29 is 9.32 Å². The molecule has 0 aliphatic carbocycles. The minimum atomic E-state index is -0.653. The van der Waals surface area contributed by atoms with Gasteiger partial charge in [-0.15, -0.1) is 0 Å². The van der Waals surface area contributed by atoms with Crippen LogP contribution in [0.2, 0.25) is 0 Å². The fraction of sp³-hybridized carbons (Fsp3) is 0.571. The lowest BCUT2D eigenvalue weighted by molar-refractivity contribution is -0.119. The molecule has 1 amide bonds. The summed E-state index contributed by atoms with van der Waals surface area (Å²) < 4.78 is 4.54. The van der Waals surface area contributed by atoms with E-state index >= 15 is 0 Å². The van der Waals surface area contributed by atoms with E-state index in [9.17, 15) is 4.79 Å². The summed E-state index contributed by atoms with van der Waals surface area (Å²) in [4.78, 5) is 14.4. The topological polar surface area (TPSA) is 120 Å². The molecule has 1 aromatic rings. The van der Waals surface area contributed by atoms with Gasteiger partial charge in [0.2, 0.25) is 12.3 Å². The predicted octanol–water partition coefficient (Wildman–Crippen LogP) is -1.99. The van der Waals surface area contributed by atoms with Crippen molar-refractivity contribution in [2.24, 2.45) is 11.5 Å². The first-order valence-corrected chi connectivity index (χ1v) is 4.21. The van der Waals surface area contributed by atoms with Crippen LogP contribution in [-0.2, 0) is 11.2 Å². The van der Waals surface area contributed by atoms with Crippen LogP contribution < -0.4 is 16.8 Å². The van der Waals surface area contributed by atoms with Gasteiger partial charge < -0.3 is 21.3 Å². The van der Waals surface area contributed by atoms with Gasteiger partial charge in [0.05, 0.1) is 6.04 Å². The number of carbonyl (C=O) groups excluding carboxylic acids is 1. The molecule has 0 aromatic carbocycles. The van der Waals surface area contributed by atoms with E-state index in [1.165, 1.54) is 6.39 Å². The summed E-state index contributed by atoms with van der Waals surface area (Å²) in [7, 11) is 0. The zero-order valence-electron chi connectivity index (χ0n) is 7.64. The molecule has 0 saturated carbocycles. The van der Waals surface area contributed by atoms with Crippen LogP contribution in [0.4, 0.5) is 0 Å². The van der Waals surface area contributed by atoms with Gasteiger partial charge >= 0.3 is 0 Å². The van der Waals surface area contributed by atoms with Gasteiger partial charge in [0.25, 0.3) is 0 Å². The van der Waals surface area contributed by atoms with Crippen molar-refractivity contribution >= 4 is 5.91 Å². The lowest BCUT2D eigenvalue weighted by Crippen LogP contribution is -2.44. The first kappa shape index (κ1) is 10.6. The smallest absolute Gasteiger partial charge is 0.235 e. The molecule has 1 atom stereocenters. The Kier molecular flexibility index (Phi) is 4.02. The second-order valence-corrected chi connectivity index (χ2v) is 2.81. The highest BCUT2D eigenvalue weighted by Crippen LogP contribution is 1.87. The van der Waals surface area contributed by atoms with E-state index in [0.29, 0.717) is 25.3 Å². The van der Waals surface area contributed by atoms with Crippen LogP contribution >= 0.6 is 0 Å². The molecular formula is C7H13N5O2. The summed E-state index contributed by atoms with van der Waals surface area (Å²) >= 11 is 0. The maximum Gasteiger partial charge on any atom is 0.235 e. The molecule has 5 N–H and O–H groups in total. The third-order valence-corrected chi connectivity index (χ3v) is 1.66. The minimum Gasteiger partial charge on any atom is -0.368 e. The van der Waals surface area contributed by atoms with Crippen molar-refractivity contribution in [1.82, 2.24) is 15.5 Å². The van der Waals surface area contributed by atoms with Crippen molar-refractivity contribution in [3.63, 3.8) is 0 Å². The Morgan fingerprint density at radius 3 is 3.07 bits per heavy atom. The lowest BCUT2D eigenvalue weighted by Gasteiger charge is -2.07. The highest BCUT2D eigenvalue weighted by atomic mass is 16.5. The molecule has 0 fully saturated rings. The average molecular weight is 199 g/mol. The van der Waals surface area contributed by atoms with Crippen LogP contribution in [0.15, 0.2) is 10.9 Å². The van der Waals surface area contributed by atoms with E-state index in [2.05, 4.69) is 20.0 Å². The van der Waals surface area contributed by atoms with Gasteiger partial charge in [0.1, 0.15) is 0 Å². The minimum absolute atomic E-state index is 0.354. The quantitative estimate of drug-likeness (QED) is 0.456. The number of rotatable bonds is 6. The summed E-state index contributed by atoms with van der Waals surface area (Å²) in [6.45, 7) is 0.980. The number of hydrogen-bond donors (Lipinski definition) is 3. The van der Waals surface area contributed by atoms with Crippen LogP contribution in [-0.4, -0.2) is 35.2 Å². The Balaban J connectivity index is 2.08. The molecule has 0 saturated heterocycles. The highest BCUT2D eigenvalue weighted by molar-refractivity contribution is 5.79. The van der Waals surface area contributed by atoms with Gasteiger partial charge in [-0.1, -0.05) is 5.16 Å². The number of hydrogen-bond acceptors (Lipinski definition) is 6. The first-order valence-electron chi connectivity index (χ1n) is 4.21. The molecular weight excluding hydrogens is 186 g/mol. The van der Waals surface area contributed by atoms with E-state index in [1.807, 2.05) is 0 Å². The standard InChI is InChI=1S/C7H13N5O2/c8-5(7(9)13)3-10-2-1-6-11-4-14-12-6/h4-5,10H,1-3,8H2,(H2,9,13). The Hall–Kier alpha value is -1.47. The zero-order valence-corrected chi connectivity index (χ0v) is 7.64. The summed E-state index contributed by atoms with van der Waals surface area (Å²) in [5, 5.41) is 6.58. The predicted molar refractivity (Wildman–Crippen MR) is 48.0 cm³/mol. The number of aromatic nitrogens is 2. The van der Waals surface area contributed by atoms with Crippen LogP contribution in [0, 0.1) is 0 Å². The number of carbonyl (C=O) groups is 1. The average Bonchev–Trinajstić information content (AvgIpc) is 2.64. The maximum absolute atomic E-state index is 10.5. The molecule has 7 nitrogen and oxygen atoms in total. The van der Waals surface area contributed by atoms with E-state index in [1.54, 1.807) is 0 Å². The van der Waals surface area contributed by atoms with E-state index < -0.39 is 11.9 Å². The third kappa shape index (κ3) is 3.50. The van der Waals surface area contributed by atoms with E-state index in [0.717, 1.165) is 0 Å². The molecule has 0 radical (unpaired) electrons. The number of nitrogens with one attached hydrogen (secondary N) is 1. The summed E-state index contributed by atoms with van der Waals surface area (Å²) in [6.07, 6.45) is 1.90. The normalized spacial score (nSPS) is 12.6. The lowest BCUT2D eigenvalue weighted by atomic mass is 10.3. The molecule has 1 heterocycles. The molecule has 1 rings (SSSR count). The highest BCUT2D eigenvalue weighted by Gasteiger charge is 2.07. The monoisotopic (exact) mass is 199 g/mol. The van der Waals surface area contributed by atoms with Crippen LogP contribution in [0.25, 0.3) is 0 Å². The van der Waals surface area contributed by atoms with Gasteiger partial charge in [-0.3, -0.25) is 4.79 Å². The molecule has 1 unspecified atom stereocenters. The van der Waals surface area contributed by atoms with E-state index in [-0.39, 0.29) is 0 Å². The molecule has 0 aliphatic rings. The van der Waals surface area contributed by atoms with E-state index in [4.69, 9.17) is 11.5 Å². The van der Waals surface area contributed by atoms with Gasteiger partial charge in [-0.2, -0.15) is 4.98 Å². The number of nitrogens with two attached hydrogens (primary N) is 2. The summed E-state index contributed by atoms with van der Waals surface area (Å²) in [6, 6.07) is -0.653. The zero-order chi connectivity index (χ0) is 10.4. The number of amides is 1. The fourth-order valence-corrected chi connectivity index (χ4v) is 0.861. The maximum atomic E-state index is 10.5. The fourth-order valence-electron chi connectivity index (χ4n) is 0.861. The molecule has 7 heteroatoms. The molecule has 1 aromatic heterocycles. The van der Waals surface area contributed by atoms with Crippen LogP contribution in [0.1, 0.15) is 5.82 Å². The van der Waals surface area contributed by atoms with Gasteiger partial charge in [-0.25, -0.2) is 0 Å². The van der Waals surface area contributed by atoms with Crippen molar-refractivity contribution in [3.05, 3.63) is 12.2 Å². The molecule has 0 bridgehead atoms. The Bertz CT molecular complexity index is 274. The van der Waals surface area contributed by atoms with Crippen molar-refractivity contribution in [1.29, 1.82) is 0 Å². The first-order chi connectivity index (χ1) is 6.70. The Morgan fingerprint density at radius 1 is 1.71 bits per heavy atom. The third-order valence-electron chi connectivity index (χ3n) is 1.66. The molecule has 0 spiro atoms. The van der Waals surface area contributed by atoms with Crippen molar-refractivity contribution in [3.8, 4) is 0 Å². The summed E-state index contributed by atoms with van der Waals surface area (Å²) in [5.41, 5.74) is 10.4. The second kappa shape index (κ2) is 5.30. The number of nitrogens with zero attached hydrogens (tertiary/aromatic N) is 2. The van der Waals surface area contributed by atoms with Crippen LogP contribution in [0.5, 0.6) is 0 Å². The SMILES string of the molecule is NC(=O)C(N)CNCCc1ncon1. The summed E-state index contributed by atoms with van der Waals surface area (Å²) in [5.74, 6) is 0.0993. The molecule has 14 heavy (non-hydrogen) atoms. The molecule has 78 valence electrons. The number of primary amides is 1. The van der Waals surface area contributed by atoms with Crippen molar-refractivity contribution in [2.45, 2.75) is 12.5 Å². The van der Waals surface area contributed by atoms with Crippen LogP contribution in [0.3, 0.4) is 0 Å². The largest absolute Gasteiger partial charge is 0.368 e.